The van der Waals surface area contributed by atoms with Gasteiger partial charge >= 0.3 is 0 Å². The Labute approximate surface area is 176 Å². The summed E-state index contributed by atoms with van der Waals surface area (Å²) < 4.78 is 17.2. The summed E-state index contributed by atoms with van der Waals surface area (Å²) in [7, 11) is 1.75. The fourth-order valence-electron chi connectivity index (χ4n) is 7.86. The van der Waals surface area contributed by atoms with Crippen LogP contribution in [-0.4, -0.2) is 54.0 Å². The van der Waals surface area contributed by atoms with Gasteiger partial charge in [-0.05, 0) is 56.2 Å². The van der Waals surface area contributed by atoms with Crippen molar-refractivity contribution < 1.29 is 14.6 Å². The van der Waals surface area contributed by atoms with E-state index in [1.54, 1.807) is 7.11 Å². The number of hydrogen-bond donors (Lipinski definition) is 1. The Morgan fingerprint density at radius 2 is 2.21 bits per heavy atom. The second-order valence-electron chi connectivity index (χ2n) is 10.1. The lowest BCUT2D eigenvalue weighted by Gasteiger charge is -2.70. The van der Waals surface area contributed by atoms with Crippen molar-refractivity contribution in [1.29, 1.82) is 0 Å². The first-order valence-corrected chi connectivity index (χ1v) is 11.3. The summed E-state index contributed by atoms with van der Waals surface area (Å²) in [6.07, 6.45) is 10.1. The molecule has 1 unspecified atom stereocenters. The van der Waals surface area contributed by atoms with Crippen LogP contribution in [0.2, 0.25) is 0 Å². The maximum Gasteiger partial charge on any atom is 0.165 e. The summed E-state index contributed by atoms with van der Waals surface area (Å²) >= 11 is 5.29. The quantitative estimate of drug-likeness (QED) is 0.774. The van der Waals surface area contributed by atoms with Gasteiger partial charge in [0.25, 0.3) is 0 Å². The highest BCUT2D eigenvalue weighted by Gasteiger charge is 2.79. The maximum absolute atomic E-state index is 10.7. The first-order chi connectivity index (χ1) is 14.1. The molecular weight excluding hydrogens is 384 g/mol. The molecule has 4 bridgehead atoms. The van der Waals surface area contributed by atoms with Crippen molar-refractivity contribution in [3.8, 4) is 11.5 Å². The SMILES string of the molecule is COC12C=C[C@@]3(C[C@@H]1N=S)[C@H]1Cc4ccc(O)c5c4[C@@]3(CCN1CC1CC1)[C@H]2O5. The van der Waals surface area contributed by atoms with Crippen LogP contribution in [-0.2, 0) is 29.0 Å². The number of methoxy groups -OCH3 is 1. The number of rotatable bonds is 4. The van der Waals surface area contributed by atoms with Crippen LogP contribution < -0.4 is 4.74 Å². The van der Waals surface area contributed by atoms with Crippen molar-refractivity contribution in [1.82, 2.24) is 4.90 Å². The van der Waals surface area contributed by atoms with E-state index in [0.717, 1.165) is 31.7 Å². The molecule has 5 nitrogen and oxygen atoms in total. The van der Waals surface area contributed by atoms with Crippen molar-refractivity contribution in [2.45, 2.75) is 61.3 Å². The van der Waals surface area contributed by atoms with Gasteiger partial charge in [0.05, 0.1) is 5.41 Å². The average molecular weight is 411 g/mol. The fourth-order valence-corrected chi connectivity index (χ4v) is 8.10. The van der Waals surface area contributed by atoms with Gasteiger partial charge in [-0.1, -0.05) is 18.2 Å². The molecule has 152 valence electrons. The number of piperidine rings is 1. The van der Waals surface area contributed by atoms with Crippen molar-refractivity contribution in [3.63, 3.8) is 0 Å². The van der Waals surface area contributed by atoms with Crippen LogP contribution in [0, 0.1) is 11.3 Å². The van der Waals surface area contributed by atoms with Gasteiger partial charge in [0.15, 0.2) is 11.5 Å². The fraction of sp³-hybridized carbons (Fsp3) is 0.652. The number of nitrogens with zero attached hydrogens (tertiary/aromatic N) is 2. The lowest BCUT2D eigenvalue weighted by molar-refractivity contribution is -0.196. The summed E-state index contributed by atoms with van der Waals surface area (Å²) in [4.78, 5) is 2.75. The minimum atomic E-state index is -0.660. The van der Waals surface area contributed by atoms with E-state index in [2.05, 4.69) is 27.5 Å². The topological polar surface area (TPSA) is 54.3 Å². The van der Waals surface area contributed by atoms with E-state index in [1.807, 2.05) is 6.07 Å². The van der Waals surface area contributed by atoms with E-state index < -0.39 is 5.60 Å². The Hall–Kier alpha value is -1.50. The lowest BCUT2D eigenvalue weighted by Crippen LogP contribution is -2.80. The molecular formula is C23H26N2O3S. The zero-order chi connectivity index (χ0) is 19.6. The molecule has 1 aromatic rings. The van der Waals surface area contributed by atoms with E-state index in [4.69, 9.17) is 21.9 Å². The van der Waals surface area contributed by atoms with Crippen molar-refractivity contribution >= 4 is 12.4 Å². The number of benzene rings is 1. The molecule has 8 rings (SSSR count). The summed E-state index contributed by atoms with van der Waals surface area (Å²) in [5.74, 6) is 1.79. The Morgan fingerprint density at radius 3 is 2.97 bits per heavy atom. The second-order valence-corrected chi connectivity index (χ2v) is 10.3. The molecule has 7 aliphatic rings. The zero-order valence-corrected chi connectivity index (χ0v) is 17.5. The molecule has 0 aromatic heterocycles. The van der Waals surface area contributed by atoms with Gasteiger partial charge in [-0.25, -0.2) is 4.36 Å². The van der Waals surface area contributed by atoms with Crippen LogP contribution in [0.15, 0.2) is 28.6 Å². The van der Waals surface area contributed by atoms with Gasteiger partial charge < -0.3 is 14.6 Å². The van der Waals surface area contributed by atoms with E-state index >= 15 is 0 Å². The minimum Gasteiger partial charge on any atom is -0.504 e. The molecule has 29 heavy (non-hydrogen) atoms. The van der Waals surface area contributed by atoms with Gasteiger partial charge in [0, 0.05) is 43.1 Å². The Bertz CT molecular complexity index is 977. The normalized spacial score (nSPS) is 45.8. The predicted octanol–water partition coefficient (Wildman–Crippen LogP) is 2.88. The van der Waals surface area contributed by atoms with Crippen LogP contribution >= 0.6 is 0 Å². The van der Waals surface area contributed by atoms with Crippen molar-refractivity contribution in [2.75, 3.05) is 20.2 Å². The number of ether oxygens (including phenoxy) is 2. The first-order valence-electron chi connectivity index (χ1n) is 10.9. The Kier molecular flexibility index (Phi) is 3.09. The van der Waals surface area contributed by atoms with Crippen LogP contribution in [0.4, 0.5) is 0 Å². The summed E-state index contributed by atoms with van der Waals surface area (Å²) in [6.45, 7) is 2.29. The molecule has 2 aliphatic heterocycles. The van der Waals surface area contributed by atoms with E-state index in [-0.39, 0.29) is 28.7 Å². The molecule has 2 spiro atoms. The molecule has 2 saturated carbocycles. The molecule has 1 aromatic carbocycles. The molecule has 1 N–H and O–H groups in total. The third-order valence-corrected chi connectivity index (χ3v) is 9.45. The highest BCUT2D eigenvalue weighted by molar-refractivity contribution is 7.47. The Balaban J connectivity index is 1.52. The monoisotopic (exact) mass is 410 g/mol. The zero-order valence-electron chi connectivity index (χ0n) is 16.6. The highest BCUT2D eigenvalue weighted by Crippen LogP contribution is 2.74. The minimum absolute atomic E-state index is 0.0654. The van der Waals surface area contributed by atoms with E-state index in [0.29, 0.717) is 11.8 Å². The lowest BCUT2D eigenvalue weighted by atomic mass is 9.38. The third kappa shape index (κ3) is 1.71. The summed E-state index contributed by atoms with van der Waals surface area (Å²) in [5, 5.41) is 10.7. The third-order valence-electron chi connectivity index (χ3n) is 9.20. The van der Waals surface area contributed by atoms with Gasteiger partial charge in [0.2, 0.25) is 0 Å². The standard InChI is InChI=1S/C23H26N2O3S/c1-27-23-7-6-21(11-16(23)24-29)17-10-14-4-5-15(26)19-18(14)22(21,20(23)28-19)8-9-25(17)12-13-2-3-13/h4-7,13,16-17,20,26H,2-3,8-12H2,1H3/t16-,17+,20+,21+,22-,23?/m0/s1. The molecule has 1 saturated heterocycles. The van der Waals surface area contributed by atoms with E-state index in [1.165, 1.54) is 30.5 Å². The summed E-state index contributed by atoms with van der Waals surface area (Å²) in [6, 6.07) is 4.26. The highest BCUT2D eigenvalue weighted by atomic mass is 32.1. The predicted molar refractivity (Wildman–Crippen MR) is 110 cm³/mol. The number of hydrogen-bond acceptors (Lipinski definition) is 6. The number of aromatic hydroxyl groups is 1. The molecule has 2 heterocycles. The van der Waals surface area contributed by atoms with Crippen LogP contribution in [0.1, 0.15) is 36.8 Å². The molecule has 0 radical (unpaired) electrons. The van der Waals surface area contributed by atoms with Gasteiger partial charge in [-0.15, -0.1) is 0 Å². The van der Waals surface area contributed by atoms with E-state index in [9.17, 15) is 5.11 Å². The van der Waals surface area contributed by atoms with Crippen LogP contribution in [0.25, 0.3) is 0 Å². The first kappa shape index (κ1) is 17.2. The van der Waals surface area contributed by atoms with Crippen molar-refractivity contribution in [2.24, 2.45) is 15.7 Å². The summed E-state index contributed by atoms with van der Waals surface area (Å²) in [5.41, 5.74) is 1.70. The van der Waals surface area contributed by atoms with Gasteiger partial charge in [0.1, 0.15) is 17.7 Å². The molecule has 6 heteroatoms. The number of fused-ring (bicyclic) bond motifs is 1. The number of phenolic OH excluding ortho intramolecular Hbond substituents is 1. The maximum atomic E-state index is 10.7. The molecule has 5 aliphatic carbocycles. The smallest absolute Gasteiger partial charge is 0.165 e. The van der Waals surface area contributed by atoms with Crippen LogP contribution in [0.3, 0.4) is 0 Å². The molecule has 0 amide bonds. The average Bonchev–Trinajstić information content (AvgIpc) is 3.48. The molecule has 3 fully saturated rings. The van der Waals surface area contributed by atoms with Gasteiger partial charge in [-0.3, -0.25) is 4.90 Å². The number of phenols is 1. The van der Waals surface area contributed by atoms with Gasteiger partial charge in [-0.2, -0.15) is 0 Å². The number of likely N-dealkylation sites (tertiary alicyclic amines) is 1. The van der Waals surface area contributed by atoms with Crippen molar-refractivity contribution in [3.05, 3.63) is 35.4 Å². The van der Waals surface area contributed by atoms with Crippen LogP contribution in [0.5, 0.6) is 11.5 Å². The second kappa shape index (κ2) is 5.21. The Morgan fingerprint density at radius 1 is 1.34 bits per heavy atom. The largest absolute Gasteiger partial charge is 0.504 e. The molecule has 6 atom stereocenters.